The molecule has 0 unspecified atom stereocenters. The molecule has 1 saturated heterocycles. The number of carbonyl (C=O) groups excluding carboxylic acids is 2. The molecule has 1 aromatic carbocycles. The SMILES string of the molecule is CC1(C)[C@H]2C(=O)N(c3ccc(C(=O)O)cc3)C(=O)[C@@H]21. The molecule has 0 spiro atoms. The Morgan fingerprint density at radius 2 is 1.58 bits per heavy atom. The van der Waals surface area contributed by atoms with Gasteiger partial charge in [0.25, 0.3) is 0 Å². The summed E-state index contributed by atoms with van der Waals surface area (Å²) in [7, 11) is 0. The number of aromatic carboxylic acids is 1. The zero-order valence-electron chi connectivity index (χ0n) is 10.6. The van der Waals surface area contributed by atoms with Gasteiger partial charge in [0.05, 0.1) is 23.1 Å². The Morgan fingerprint density at radius 3 is 2.00 bits per heavy atom. The summed E-state index contributed by atoms with van der Waals surface area (Å²) in [5, 5.41) is 8.82. The topological polar surface area (TPSA) is 74.7 Å². The highest BCUT2D eigenvalue weighted by Crippen LogP contribution is 2.63. The fraction of sp³-hybridized carbons (Fsp3) is 0.357. The van der Waals surface area contributed by atoms with E-state index in [1.165, 1.54) is 29.2 Å². The second-order valence-corrected chi connectivity index (χ2v) is 5.64. The van der Waals surface area contributed by atoms with Crippen molar-refractivity contribution < 1.29 is 19.5 Å². The smallest absolute Gasteiger partial charge is 0.335 e. The molecule has 1 aliphatic carbocycles. The van der Waals surface area contributed by atoms with Crippen LogP contribution in [0.3, 0.4) is 0 Å². The molecule has 1 heterocycles. The van der Waals surface area contributed by atoms with Crippen molar-refractivity contribution in [1.82, 2.24) is 0 Å². The monoisotopic (exact) mass is 259 g/mol. The number of carbonyl (C=O) groups is 3. The number of carboxylic acid groups (broad SMARTS) is 1. The van der Waals surface area contributed by atoms with Gasteiger partial charge in [-0.15, -0.1) is 0 Å². The molecule has 1 aliphatic heterocycles. The average molecular weight is 259 g/mol. The van der Waals surface area contributed by atoms with E-state index in [9.17, 15) is 14.4 Å². The fourth-order valence-electron chi connectivity index (χ4n) is 2.95. The Morgan fingerprint density at radius 1 is 1.11 bits per heavy atom. The summed E-state index contributed by atoms with van der Waals surface area (Å²) in [6, 6.07) is 5.79. The van der Waals surface area contributed by atoms with E-state index in [2.05, 4.69) is 0 Å². The zero-order chi connectivity index (χ0) is 13.9. The lowest BCUT2D eigenvalue weighted by atomic mass is 10.0. The van der Waals surface area contributed by atoms with Crippen molar-refractivity contribution in [1.29, 1.82) is 0 Å². The molecule has 1 aromatic rings. The van der Waals surface area contributed by atoms with E-state index in [-0.39, 0.29) is 34.6 Å². The van der Waals surface area contributed by atoms with Crippen LogP contribution in [0.1, 0.15) is 24.2 Å². The average Bonchev–Trinajstić information content (AvgIpc) is 2.80. The van der Waals surface area contributed by atoms with Gasteiger partial charge in [-0.2, -0.15) is 0 Å². The summed E-state index contributed by atoms with van der Waals surface area (Å²) < 4.78 is 0. The molecule has 0 bridgehead atoms. The van der Waals surface area contributed by atoms with Crippen molar-refractivity contribution in [2.45, 2.75) is 13.8 Å². The molecule has 19 heavy (non-hydrogen) atoms. The number of amides is 2. The van der Waals surface area contributed by atoms with Gasteiger partial charge in [0, 0.05) is 0 Å². The van der Waals surface area contributed by atoms with Gasteiger partial charge in [-0.05, 0) is 29.7 Å². The summed E-state index contributed by atoms with van der Waals surface area (Å²) in [6.45, 7) is 3.84. The molecule has 2 amide bonds. The zero-order valence-corrected chi connectivity index (χ0v) is 10.6. The number of anilines is 1. The van der Waals surface area contributed by atoms with Crippen LogP contribution in [0, 0.1) is 17.3 Å². The Kier molecular flexibility index (Phi) is 2.15. The predicted octanol–water partition coefficient (Wildman–Crippen LogP) is 1.53. The third kappa shape index (κ3) is 1.44. The maximum Gasteiger partial charge on any atom is 0.335 e. The van der Waals surface area contributed by atoms with Crippen molar-refractivity contribution >= 4 is 23.5 Å². The maximum absolute atomic E-state index is 12.2. The second kappa shape index (κ2) is 3.44. The van der Waals surface area contributed by atoms with Gasteiger partial charge in [-0.25, -0.2) is 4.79 Å². The van der Waals surface area contributed by atoms with Gasteiger partial charge in [-0.3, -0.25) is 14.5 Å². The molecule has 2 fully saturated rings. The van der Waals surface area contributed by atoms with Crippen LogP contribution in [-0.2, 0) is 9.59 Å². The van der Waals surface area contributed by atoms with E-state index in [4.69, 9.17) is 5.11 Å². The molecule has 2 atom stereocenters. The van der Waals surface area contributed by atoms with Crippen molar-refractivity contribution in [2.24, 2.45) is 17.3 Å². The maximum atomic E-state index is 12.2. The van der Waals surface area contributed by atoms with Crippen LogP contribution in [0.5, 0.6) is 0 Å². The lowest BCUT2D eigenvalue weighted by Gasteiger charge is -2.20. The number of hydrogen-bond acceptors (Lipinski definition) is 3. The summed E-state index contributed by atoms with van der Waals surface area (Å²) >= 11 is 0. The summed E-state index contributed by atoms with van der Waals surface area (Å²) in [5.74, 6) is -1.83. The Hall–Kier alpha value is -2.17. The molecule has 5 heteroatoms. The van der Waals surface area contributed by atoms with Crippen LogP contribution in [0.4, 0.5) is 5.69 Å². The molecular weight excluding hydrogens is 246 g/mol. The van der Waals surface area contributed by atoms with Gasteiger partial charge >= 0.3 is 5.97 Å². The van der Waals surface area contributed by atoms with Crippen LogP contribution < -0.4 is 4.90 Å². The number of rotatable bonds is 2. The van der Waals surface area contributed by atoms with Crippen molar-refractivity contribution in [3.63, 3.8) is 0 Å². The van der Waals surface area contributed by atoms with Crippen LogP contribution in [0.25, 0.3) is 0 Å². The van der Waals surface area contributed by atoms with Crippen molar-refractivity contribution in [3.05, 3.63) is 29.8 Å². The van der Waals surface area contributed by atoms with Crippen LogP contribution in [0.15, 0.2) is 24.3 Å². The first kappa shape index (κ1) is 11.9. The number of piperidine rings is 1. The lowest BCUT2D eigenvalue weighted by molar-refractivity contribution is -0.125. The van der Waals surface area contributed by atoms with Gasteiger partial charge in [0.15, 0.2) is 0 Å². The van der Waals surface area contributed by atoms with Gasteiger partial charge in [-0.1, -0.05) is 13.8 Å². The minimum absolute atomic E-state index is 0.133. The first-order chi connectivity index (χ1) is 8.85. The standard InChI is InChI=1S/C14H13NO4/c1-14(2)9-10(14)12(17)15(11(9)16)8-5-3-7(4-6-8)13(18)19/h3-6,9-10H,1-2H3,(H,18,19)/t9-,10-/m1/s1. The largest absolute Gasteiger partial charge is 0.478 e. The number of benzene rings is 1. The molecule has 3 rings (SSSR count). The molecule has 1 N–H and O–H groups in total. The Bertz CT molecular complexity index is 578. The minimum Gasteiger partial charge on any atom is -0.478 e. The van der Waals surface area contributed by atoms with E-state index in [0.717, 1.165) is 0 Å². The molecule has 0 aromatic heterocycles. The van der Waals surface area contributed by atoms with E-state index in [1.807, 2.05) is 13.8 Å². The highest BCUT2D eigenvalue weighted by molar-refractivity contribution is 6.25. The summed E-state index contributed by atoms with van der Waals surface area (Å²) in [4.78, 5) is 36.3. The molecule has 98 valence electrons. The third-order valence-electron chi connectivity index (χ3n) is 4.17. The van der Waals surface area contributed by atoms with Crippen molar-refractivity contribution in [3.8, 4) is 0 Å². The van der Waals surface area contributed by atoms with Crippen LogP contribution >= 0.6 is 0 Å². The summed E-state index contributed by atoms with van der Waals surface area (Å²) in [6.07, 6.45) is 0. The Balaban J connectivity index is 1.91. The van der Waals surface area contributed by atoms with Gasteiger partial charge in [0.1, 0.15) is 0 Å². The first-order valence-corrected chi connectivity index (χ1v) is 6.07. The lowest BCUT2D eigenvalue weighted by Crippen LogP contribution is -2.36. The fourth-order valence-corrected chi connectivity index (χ4v) is 2.95. The highest BCUT2D eigenvalue weighted by Gasteiger charge is 2.72. The molecule has 5 nitrogen and oxygen atoms in total. The number of hydrogen-bond donors (Lipinski definition) is 1. The number of fused-ring (bicyclic) bond motifs is 1. The molecule has 1 saturated carbocycles. The number of carboxylic acids is 1. The molecule has 2 aliphatic rings. The van der Waals surface area contributed by atoms with Crippen molar-refractivity contribution in [2.75, 3.05) is 4.90 Å². The number of nitrogens with zero attached hydrogens (tertiary/aromatic N) is 1. The minimum atomic E-state index is -1.03. The quantitative estimate of drug-likeness (QED) is 0.817. The molecular formula is C14H13NO4. The van der Waals surface area contributed by atoms with Crippen LogP contribution in [0.2, 0.25) is 0 Å². The number of imide groups is 1. The molecule has 0 radical (unpaired) electrons. The van der Waals surface area contributed by atoms with E-state index in [1.54, 1.807) is 0 Å². The highest BCUT2D eigenvalue weighted by atomic mass is 16.4. The van der Waals surface area contributed by atoms with E-state index in [0.29, 0.717) is 5.69 Å². The Labute approximate surface area is 109 Å². The van der Waals surface area contributed by atoms with E-state index < -0.39 is 5.97 Å². The first-order valence-electron chi connectivity index (χ1n) is 6.07. The normalized spacial score (nSPS) is 27.4. The second-order valence-electron chi connectivity index (χ2n) is 5.64. The predicted molar refractivity (Wildman–Crippen MR) is 66.7 cm³/mol. The van der Waals surface area contributed by atoms with E-state index >= 15 is 0 Å². The third-order valence-corrected chi connectivity index (χ3v) is 4.17. The van der Waals surface area contributed by atoms with Crippen LogP contribution in [-0.4, -0.2) is 22.9 Å². The summed E-state index contributed by atoms with van der Waals surface area (Å²) in [5.41, 5.74) is 0.349. The van der Waals surface area contributed by atoms with Gasteiger partial charge in [0.2, 0.25) is 11.8 Å². The van der Waals surface area contributed by atoms with Gasteiger partial charge < -0.3 is 5.11 Å².